The number of benzene rings is 2. The maximum atomic E-state index is 11.3. The summed E-state index contributed by atoms with van der Waals surface area (Å²) in [6.45, 7) is 1.27. The molecule has 0 aliphatic carbocycles. The van der Waals surface area contributed by atoms with E-state index in [-0.39, 0.29) is 5.91 Å². The number of carbonyl (C=O) groups excluding carboxylic acids is 1. The second-order valence-electron chi connectivity index (χ2n) is 4.84. The van der Waals surface area contributed by atoms with Crippen LogP contribution < -0.4 is 15.8 Å². The molecule has 4 nitrogen and oxygen atoms in total. The molecule has 0 bridgehead atoms. The van der Waals surface area contributed by atoms with Gasteiger partial charge in [-0.15, -0.1) is 0 Å². The Kier molecular flexibility index (Phi) is 6.25. The van der Waals surface area contributed by atoms with Crippen molar-refractivity contribution in [1.29, 1.82) is 0 Å². The average Bonchev–Trinajstić information content (AvgIpc) is 2.53. The molecule has 22 heavy (non-hydrogen) atoms. The van der Waals surface area contributed by atoms with Crippen molar-refractivity contribution in [3.05, 3.63) is 64.7 Å². The van der Waals surface area contributed by atoms with E-state index in [1.165, 1.54) is 0 Å². The number of nitrogens with one attached hydrogen (secondary N) is 1. The summed E-state index contributed by atoms with van der Waals surface area (Å²) in [6.07, 6.45) is 0.346. The van der Waals surface area contributed by atoms with Gasteiger partial charge in [-0.2, -0.15) is 0 Å². The summed E-state index contributed by atoms with van der Waals surface area (Å²) in [7, 11) is 0. The average molecular weight is 319 g/mol. The van der Waals surface area contributed by atoms with Gasteiger partial charge in [0.05, 0.1) is 0 Å². The zero-order valence-corrected chi connectivity index (χ0v) is 13.0. The van der Waals surface area contributed by atoms with E-state index in [4.69, 9.17) is 22.1 Å². The number of carbonyl (C=O) groups is 1. The van der Waals surface area contributed by atoms with Gasteiger partial charge in [0.25, 0.3) is 0 Å². The number of rotatable bonds is 7. The van der Waals surface area contributed by atoms with Gasteiger partial charge in [-0.05, 0) is 23.8 Å². The lowest BCUT2D eigenvalue weighted by Gasteiger charge is -2.09. The molecule has 116 valence electrons. The Balaban J connectivity index is 1.84. The van der Waals surface area contributed by atoms with E-state index in [2.05, 4.69) is 5.32 Å². The molecule has 0 saturated carbocycles. The summed E-state index contributed by atoms with van der Waals surface area (Å²) in [6, 6.07) is 15.2. The highest BCUT2D eigenvalue weighted by Crippen LogP contribution is 2.18. The second kappa shape index (κ2) is 8.41. The van der Waals surface area contributed by atoms with Crippen molar-refractivity contribution in [2.45, 2.75) is 19.6 Å². The third kappa shape index (κ3) is 5.06. The normalized spacial score (nSPS) is 10.3. The van der Waals surface area contributed by atoms with E-state index in [0.717, 1.165) is 16.9 Å². The Bertz CT molecular complexity index is 614. The fourth-order valence-electron chi connectivity index (χ4n) is 1.90. The maximum Gasteiger partial charge on any atom is 0.221 e. The lowest BCUT2D eigenvalue weighted by atomic mass is 10.2. The minimum atomic E-state index is -0.0402. The van der Waals surface area contributed by atoms with Crippen LogP contribution in [0.4, 0.5) is 0 Å². The lowest BCUT2D eigenvalue weighted by molar-refractivity contribution is -0.121. The van der Waals surface area contributed by atoms with Crippen molar-refractivity contribution in [3.8, 4) is 5.75 Å². The second-order valence-corrected chi connectivity index (χ2v) is 5.25. The number of nitrogens with two attached hydrogens (primary N) is 1. The molecule has 0 aliphatic rings. The zero-order valence-electron chi connectivity index (χ0n) is 12.2. The molecule has 2 aromatic rings. The Labute approximate surface area is 135 Å². The standard InChI is InChI=1S/C17H19ClN2O2/c18-16-4-2-1-3-14(16)12-22-15-7-5-13(6-8-15)11-20-17(21)9-10-19/h1-8H,9-12,19H2,(H,20,21). The number of hydrogen-bond donors (Lipinski definition) is 2. The zero-order chi connectivity index (χ0) is 15.8. The predicted molar refractivity (Wildman–Crippen MR) is 87.7 cm³/mol. The molecule has 1 amide bonds. The molecule has 0 saturated heterocycles. The minimum absolute atomic E-state index is 0.0402. The summed E-state index contributed by atoms with van der Waals surface area (Å²) >= 11 is 6.08. The molecule has 0 atom stereocenters. The fraction of sp³-hybridized carbons (Fsp3) is 0.235. The molecule has 0 spiro atoms. The number of halogens is 1. The number of amides is 1. The molecule has 5 heteroatoms. The maximum absolute atomic E-state index is 11.3. The van der Waals surface area contributed by atoms with Crippen LogP contribution in [0.15, 0.2) is 48.5 Å². The van der Waals surface area contributed by atoms with E-state index < -0.39 is 0 Å². The van der Waals surface area contributed by atoms with Crippen LogP contribution >= 0.6 is 11.6 Å². The van der Waals surface area contributed by atoms with Crippen LogP contribution in [-0.2, 0) is 17.9 Å². The first kappa shape index (κ1) is 16.3. The third-order valence-electron chi connectivity index (χ3n) is 3.14. The Morgan fingerprint density at radius 3 is 2.55 bits per heavy atom. The van der Waals surface area contributed by atoms with Crippen LogP contribution in [0.3, 0.4) is 0 Å². The van der Waals surface area contributed by atoms with Crippen LogP contribution in [0.25, 0.3) is 0 Å². The highest BCUT2D eigenvalue weighted by molar-refractivity contribution is 6.31. The van der Waals surface area contributed by atoms with Crippen molar-refractivity contribution in [1.82, 2.24) is 5.32 Å². The van der Waals surface area contributed by atoms with E-state index in [1.807, 2.05) is 48.5 Å². The molecule has 0 heterocycles. The van der Waals surface area contributed by atoms with E-state index >= 15 is 0 Å². The molecular weight excluding hydrogens is 300 g/mol. The van der Waals surface area contributed by atoms with Gasteiger partial charge in [-0.3, -0.25) is 4.79 Å². The van der Waals surface area contributed by atoms with Crippen molar-refractivity contribution >= 4 is 17.5 Å². The molecule has 3 N–H and O–H groups in total. The Morgan fingerprint density at radius 2 is 1.86 bits per heavy atom. The minimum Gasteiger partial charge on any atom is -0.489 e. The van der Waals surface area contributed by atoms with Gasteiger partial charge in [0.2, 0.25) is 5.91 Å². The summed E-state index contributed by atoms with van der Waals surface area (Å²) in [5.41, 5.74) is 7.28. The Morgan fingerprint density at radius 1 is 1.14 bits per heavy atom. The van der Waals surface area contributed by atoms with E-state index in [9.17, 15) is 4.79 Å². The summed E-state index contributed by atoms with van der Waals surface area (Å²) in [5, 5.41) is 3.50. The molecule has 0 radical (unpaired) electrons. The molecule has 2 rings (SSSR count). The third-order valence-corrected chi connectivity index (χ3v) is 3.51. The van der Waals surface area contributed by atoms with Crippen molar-refractivity contribution in [2.24, 2.45) is 5.73 Å². The number of ether oxygens (including phenoxy) is 1. The van der Waals surface area contributed by atoms with Gasteiger partial charge in [-0.25, -0.2) is 0 Å². The first-order valence-corrected chi connectivity index (χ1v) is 7.49. The molecule has 0 fully saturated rings. The molecule has 0 aromatic heterocycles. The van der Waals surface area contributed by atoms with Crippen molar-refractivity contribution < 1.29 is 9.53 Å². The summed E-state index contributed by atoms with van der Waals surface area (Å²) in [4.78, 5) is 11.3. The smallest absolute Gasteiger partial charge is 0.221 e. The Hall–Kier alpha value is -2.04. The highest BCUT2D eigenvalue weighted by atomic mass is 35.5. The van der Waals surface area contributed by atoms with E-state index in [1.54, 1.807) is 0 Å². The van der Waals surface area contributed by atoms with Crippen LogP contribution in [0, 0.1) is 0 Å². The van der Waals surface area contributed by atoms with Gasteiger partial charge in [-0.1, -0.05) is 41.9 Å². The van der Waals surface area contributed by atoms with Crippen LogP contribution in [0.2, 0.25) is 5.02 Å². The molecule has 2 aromatic carbocycles. The van der Waals surface area contributed by atoms with Crippen molar-refractivity contribution in [3.63, 3.8) is 0 Å². The lowest BCUT2D eigenvalue weighted by Crippen LogP contribution is -2.24. The van der Waals surface area contributed by atoms with Gasteiger partial charge >= 0.3 is 0 Å². The topological polar surface area (TPSA) is 64.4 Å². The van der Waals surface area contributed by atoms with Gasteiger partial charge < -0.3 is 15.8 Å². The van der Waals surface area contributed by atoms with E-state index in [0.29, 0.717) is 31.1 Å². The molecule has 0 aliphatic heterocycles. The van der Waals surface area contributed by atoms with Crippen LogP contribution in [0.1, 0.15) is 17.5 Å². The quantitative estimate of drug-likeness (QED) is 0.825. The molecular formula is C17H19ClN2O2. The summed E-state index contributed by atoms with van der Waals surface area (Å²) in [5.74, 6) is 0.721. The van der Waals surface area contributed by atoms with Crippen LogP contribution in [-0.4, -0.2) is 12.5 Å². The predicted octanol–water partition coefficient (Wildman–Crippen LogP) is 2.88. The highest BCUT2D eigenvalue weighted by Gasteiger charge is 2.02. The molecule has 0 unspecified atom stereocenters. The fourth-order valence-corrected chi connectivity index (χ4v) is 2.09. The summed E-state index contributed by atoms with van der Waals surface area (Å²) < 4.78 is 5.70. The number of hydrogen-bond acceptors (Lipinski definition) is 3. The van der Waals surface area contributed by atoms with Gasteiger partial charge in [0.15, 0.2) is 0 Å². The SMILES string of the molecule is NCCC(=O)NCc1ccc(OCc2ccccc2Cl)cc1. The monoisotopic (exact) mass is 318 g/mol. The van der Waals surface area contributed by atoms with Gasteiger partial charge in [0, 0.05) is 30.1 Å². The van der Waals surface area contributed by atoms with Crippen molar-refractivity contribution in [2.75, 3.05) is 6.54 Å². The largest absolute Gasteiger partial charge is 0.489 e. The first-order chi connectivity index (χ1) is 10.7. The first-order valence-electron chi connectivity index (χ1n) is 7.11. The van der Waals surface area contributed by atoms with Crippen LogP contribution in [0.5, 0.6) is 5.75 Å². The van der Waals surface area contributed by atoms with Gasteiger partial charge in [0.1, 0.15) is 12.4 Å².